The Labute approximate surface area is 127 Å². The number of aromatic nitrogens is 3. The van der Waals surface area contributed by atoms with Gasteiger partial charge in [-0.25, -0.2) is 9.97 Å². The van der Waals surface area contributed by atoms with Crippen LogP contribution >= 0.6 is 22.9 Å². The summed E-state index contributed by atoms with van der Waals surface area (Å²) in [6.07, 6.45) is 0. The van der Waals surface area contributed by atoms with E-state index in [0.717, 1.165) is 29.2 Å². The van der Waals surface area contributed by atoms with Gasteiger partial charge in [-0.3, -0.25) is 0 Å². The van der Waals surface area contributed by atoms with Crippen LogP contribution < -0.4 is 0 Å². The molecule has 1 atom stereocenters. The van der Waals surface area contributed by atoms with Crippen molar-refractivity contribution in [1.29, 1.82) is 0 Å². The van der Waals surface area contributed by atoms with Gasteiger partial charge in [0.05, 0.1) is 11.9 Å². The number of rotatable bonds is 3. The first kappa shape index (κ1) is 13.6. The van der Waals surface area contributed by atoms with E-state index < -0.39 is 0 Å². The largest absolute Gasteiger partial charge is 0.306 e. The Balaban J connectivity index is 2.15. The van der Waals surface area contributed by atoms with Crippen molar-refractivity contribution in [3.05, 3.63) is 45.5 Å². The van der Waals surface area contributed by atoms with E-state index in [1.54, 1.807) is 11.3 Å². The Morgan fingerprint density at radius 3 is 2.65 bits per heavy atom. The third kappa shape index (κ3) is 2.45. The van der Waals surface area contributed by atoms with Crippen LogP contribution in [0.2, 0.25) is 0 Å². The summed E-state index contributed by atoms with van der Waals surface area (Å²) in [6.45, 7) is 6.84. The van der Waals surface area contributed by atoms with Crippen molar-refractivity contribution in [2.24, 2.45) is 0 Å². The third-order valence-electron chi connectivity index (χ3n) is 3.23. The molecule has 0 aliphatic carbocycles. The quantitative estimate of drug-likeness (QED) is 0.669. The average molecular weight is 306 g/mol. The molecule has 3 heterocycles. The molecule has 0 fully saturated rings. The fourth-order valence-electron chi connectivity index (χ4n) is 2.30. The minimum atomic E-state index is -0.134. The van der Waals surface area contributed by atoms with Gasteiger partial charge < -0.3 is 4.57 Å². The van der Waals surface area contributed by atoms with Crippen LogP contribution in [0.4, 0.5) is 0 Å². The van der Waals surface area contributed by atoms with Gasteiger partial charge in [0.25, 0.3) is 0 Å². The van der Waals surface area contributed by atoms with Gasteiger partial charge in [-0.05, 0) is 45.0 Å². The lowest BCUT2D eigenvalue weighted by Gasteiger charge is -2.08. The third-order valence-corrected chi connectivity index (χ3v) is 4.41. The first-order valence-corrected chi connectivity index (χ1v) is 7.83. The number of halogens is 1. The summed E-state index contributed by atoms with van der Waals surface area (Å²) in [7, 11) is 0. The second-order valence-corrected chi connectivity index (χ2v) is 7.01. The molecule has 3 rings (SSSR count). The molecule has 0 radical (unpaired) electrons. The zero-order chi connectivity index (χ0) is 14.3. The Kier molecular flexibility index (Phi) is 3.52. The predicted molar refractivity (Wildman–Crippen MR) is 84.7 cm³/mol. The van der Waals surface area contributed by atoms with Crippen molar-refractivity contribution < 1.29 is 0 Å². The molecule has 0 aromatic carbocycles. The number of imidazole rings is 1. The van der Waals surface area contributed by atoms with Gasteiger partial charge in [0, 0.05) is 15.4 Å². The highest BCUT2D eigenvalue weighted by atomic mass is 35.5. The maximum atomic E-state index is 6.28. The van der Waals surface area contributed by atoms with Crippen LogP contribution in [0.1, 0.15) is 33.6 Å². The lowest BCUT2D eigenvalue weighted by molar-refractivity contribution is 0.743. The van der Waals surface area contributed by atoms with Crippen molar-refractivity contribution in [1.82, 2.24) is 14.5 Å². The van der Waals surface area contributed by atoms with E-state index in [-0.39, 0.29) is 5.38 Å². The molecule has 1 unspecified atom stereocenters. The molecule has 3 aromatic heterocycles. The lowest BCUT2D eigenvalue weighted by Crippen LogP contribution is -2.05. The second kappa shape index (κ2) is 5.19. The minimum Gasteiger partial charge on any atom is -0.306 e. The SMILES string of the molecule is Cc1ccc2nc(C(C)Cl)n(Cc3ccc(C)s3)c2n1. The Bertz CT molecular complexity index is 758. The van der Waals surface area contributed by atoms with Gasteiger partial charge in [-0.2, -0.15) is 0 Å². The molecule has 0 spiro atoms. The summed E-state index contributed by atoms with van der Waals surface area (Å²) in [4.78, 5) is 11.9. The van der Waals surface area contributed by atoms with Crippen LogP contribution in [0.3, 0.4) is 0 Å². The summed E-state index contributed by atoms with van der Waals surface area (Å²) in [6, 6.07) is 8.29. The maximum Gasteiger partial charge on any atom is 0.160 e. The van der Waals surface area contributed by atoms with E-state index in [4.69, 9.17) is 11.6 Å². The fourth-order valence-corrected chi connectivity index (χ4v) is 3.35. The molecule has 0 saturated carbocycles. The van der Waals surface area contributed by atoms with E-state index in [1.807, 2.05) is 26.0 Å². The Morgan fingerprint density at radius 2 is 2.00 bits per heavy atom. The number of thiophene rings is 1. The minimum absolute atomic E-state index is 0.134. The van der Waals surface area contributed by atoms with Crippen molar-refractivity contribution in [2.75, 3.05) is 0 Å². The summed E-state index contributed by atoms with van der Waals surface area (Å²) >= 11 is 8.08. The molecule has 0 amide bonds. The molecule has 3 nitrogen and oxygen atoms in total. The molecular weight excluding hydrogens is 290 g/mol. The molecular formula is C15H16ClN3S. The highest BCUT2D eigenvalue weighted by molar-refractivity contribution is 7.11. The highest BCUT2D eigenvalue weighted by Gasteiger charge is 2.16. The van der Waals surface area contributed by atoms with Crippen LogP contribution in [0.5, 0.6) is 0 Å². The molecule has 0 aliphatic rings. The maximum absolute atomic E-state index is 6.28. The predicted octanol–water partition coefficient (Wildman–Crippen LogP) is 4.46. The normalized spacial score (nSPS) is 13.0. The number of fused-ring (bicyclic) bond motifs is 1. The van der Waals surface area contributed by atoms with Crippen LogP contribution in [-0.2, 0) is 6.54 Å². The van der Waals surface area contributed by atoms with Gasteiger partial charge in [-0.1, -0.05) is 0 Å². The van der Waals surface area contributed by atoms with E-state index in [1.165, 1.54) is 9.75 Å². The van der Waals surface area contributed by atoms with Gasteiger partial charge >= 0.3 is 0 Å². The second-order valence-electron chi connectivity index (χ2n) is 4.98. The monoisotopic (exact) mass is 305 g/mol. The average Bonchev–Trinajstić information content (AvgIpc) is 2.95. The summed E-state index contributed by atoms with van der Waals surface area (Å²) < 4.78 is 2.13. The van der Waals surface area contributed by atoms with Gasteiger partial charge in [0.2, 0.25) is 0 Å². The van der Waals surface area contributed by atoms with Crippen LogP contribution in [0.15, 0.2) is 24.3 Å². The smallest absolute Gasteiger partial charge is 0.160 e. The van der Waals surface area contributed by atoms with Crippen LogP contribution in [-0.4, -0.2) is 14.5 Å². The number of pyridine rings is 1. The standard InChI is InChI=1S/C15H16ClN3S/c1-9-4-7-13-15(17-9)19(14(18-13)11(3)16)8-12-6-5-10(2)20-12/h4-7,11H,8H2,1-3H3. The van der Waals surface area contributed by atoms with E-state index in [2.05, 4.69) is 33.6 Å². The van der Waals surface area contributed by atoms with Gasteiger partial charge in [0.1, 0.15) is 11.3 Å². The van der Waals surface area contributed by atoms with Crippen molar-refractivity contribution >= 4 is 34.1 Å². The fraction of sp³-hybridized carbons (Fsp3) is 0.333. The number of hydrogen-bond acceptors (Lipinski definition) is 3. The first-order valence-electron chi connectivity index (χ1n) is 6.58. The summed E-state index contributed by atoms with van der Waals surface area (Å²) in [5.41, 5.74) is 2.82. The topological polar surface area (TPSA) is 30.7 Å². The van der Waals surface area contributed by atoms with Gasteiger partial charge in [0.15, 0.2) is 5.65 Å². The van der Waals surface area contributed by atoms with Crippen molar-refractivity contribution in [2.45, 2.75) is 32.7 Å². The van der Waals surface area contributed by atoms with E-state index in [0.29, 0.717) is 0 Å². The van der Waals surface area contributed by atoms with E-state index in [9.17, 15) is 0 Å². The number of aryl methyl sites for hydroxylation is 2. The number of nitrogens with zero attached hydrogens (tertiary/aromatic N) is 3. The Hall–Kier alpha value is -1.39. The van der Waals surface area contributed by atoms with Crippen molar-refractivity contribution in [3.8, 4) is 0 Å². The number of alkyl halides is 1. The van der Waals surface area contributed by atoms with E-state index >= 15 is 0 Å². The van der Waals surface area contributed by atoms with Crippen LogP contribution in [0.25, 0.3) is 11.2 Å². The molecule has 0 bridgehead atoms. The first-order chi connectivity index (χ1) is 9.54. The zero-order valence-corrected chi connectivity index (χ0v) is 13.3. The Morgan fingerprint density at radius 1 is 1.20 bits per heavy atom. The van der Waals surface area contributed by atoms with Gasteiger partial charge in [-0.15, -0.1) is 22.9 Å². The molecule has 5 heteroatoms. The molecule has 104 valence electrons. The van der Waals surface area contributed by atoms with Crippen LogP contribution in [0, 0.1) is 13.8 Å². The summed E-state index contributed by atoms with van der Waals surface area (Å²) in [5, 5.41) is -0.134. The number of hydrogen-bond donors (Lipinski definition) is 0. The molecule has 0 saturated heterocycles. The molecule has 3 aromatic rings. The van der Waals surface area contributed by atoms with Crippen molar-refractivity contribution in [3.63, 3.8) is 0 Å². The molecule has 0 N–H and O–H groups in total. The molecule has 20 heavy (non-hydrogen) atoms. The lowest BCUT2D eigenvalue weighted by atomic mass is 10.3. The summed E-state index contributed by atoms with van der Waals surface area (Å²) in [5.74, 6) is 0.880. The zero-order valence-electron chi connectivity index (χ0n) is 11.7. The highest BCUT2D eigenvalue weighted by Crippen LogP contribution is 2.26. The molecule has 0 aliphatic heterocycles.